The van der Waals surface area contributed by atoms with Gasteiger partial charge in [0.1, 0.15) is 6.04 Å². The third-order valence-electron chi connectivity index (χ3n) is 4.33. The van der Waals surface area contributed by atoms with Crippen LogP contribution in [0.4, 0.5) is 0 Å². The Labute approximate surface area is 147 Å². The Morgan fingerprint density at radius 2 is 1.84 bits per heavy atom. The summed E-state index contributed by atoms with van der Waals surface area (Å²) in [5, 5.41) is 1.01. The second kappa shape index (κ2) is 7.02. The van der Waals surface area contributed by atoms with Crippen LogP contribution in [0.25, 0.3) is 0 Å². The van der Waals surface area contributed by atoms with E-state index in [1.54, 1.807) is 18.2 Å². The molecule has 25 heavy (non-hydrogen) atoms. The number of rotatable bonds is 3. The van der Waals surface area contributed by atoms with Gasteiger partial charge in [-0.3, -0.25) is 9.63 Å². The zero-order valence-corrected chi connectivity index (χ0v) is 15.2. The quantitative estimate of drug-likeness (QED) is 0.724. The molecule has 0 spiro atoms. The first-order valence-corrected chi connectivity index (χ1v) is 11.3. The highest BCUT2D eigenvalue weighted by atomic mass is 32.2. The molecule has 0 aliphatic carbocycles. The van der Waals surface area contributed by atoms with Crippen molar-refractivity contribution in [2.45, 2.75) is 23.8 Å². The van der Waals surface area contributed by atoms with Gasteiger partial charge in [0.05, 0.1) is 29.6 Å². The summed E-state index contributed by atoms with van der Waals surface area (Å²) in [5.74, 6) is -0.834. The second-order valence-corrected chi connectivity index (χ2v) is 10.2. The van der Waals surface area contributed by atoms with E-state index in [4.69, 9.17) is 4.84 Å². The number of nitrogens with zero attached hydrogens (tertiary/aromatic N) is 2. The number of benzene rings is 1. The van der Waals surface area contributed by atoms with E-state index in [9.17, 15) is 21.6 Å². The molecule has 2 aliphatic rings. The van der Waals surface area contributed by atoms with Gasteiger partial charge in [0, 0.05) is 6.54 Å². The smallest absolute Gasteiger partial charge is 0.264 e. The van der Waals surface area contributed by atoms with E-state index in [0.717, 1.165) is 5.06 Å². The molecule has 2 aliphatic heterocycles. The maximum atomic E-state index is 12.8. The fourth-order valence-corrected chi connectivity index (χ4v) is 5.65. The average Bonchev–Trinajstić information content (AvgIpc) is 3.01. The van der Waals surface area contributed by atoms with Crippen molar-refractivity contribution in [1.82, 2.24) is 9.37 Å². The van der Waals surface area contributed by atoms with Crippen LogP contribution in [0.5, 0.6) is 0 Å². The zero-order valence-electron chi connectivity index (χ0n) is 13.6. The van der Waals surface area contributed by atoms with Crippen molar-refractivity contribution in [3.05, 3.63) is 30.3 Å². The zero-order chi connectivity index (χ0) is 18.1. The van der Waals surface area contributed by atoms with Crippen LogP contribution in [0.2, 0.25) is 0 Å². The molecule has 2 fully saturated rings. The number of hydroxylamine groups is 2. The standard InChI is InChI=1S/C15H20N2O6S2/c18-15(16-9-11-24(19,20)12-10-23-16)14-7-4-8-17(14)25(21,22)13-5-2-1-3-6-13/h1-3,5-6,14H,4,7-12H2. The van der Waals surface area contributed by atoms with Gasteiger partial charge >= 0.3 is 0 Å². The third kappa shape index (κ3) is 3.86. The summed E-state index contributed by atoms with van der Waals surface area (Å²) < 4.78 is 50.1. The molecule has 2 heterocycles. The normalized spacial score (nSPS) is 24.8. The highest BCUT2D eigenvalue weighted by molar-refractivity contribution is 7.91. The number of hydrogen-bond acceptors (Lipinski definition) is 6. The molecule has 1 amide bonds. The topological polar surface area (TPSA) is 101 Å². The molecular formula is C15H20N2O6S2. The average molecular weight is 388 g/mol. The summed E-state index contributed by atoms with van der Waals surface area (Å²) in [7, 11) is -7.04. The molecule has 1 unspecified atom stereocenters. The summed E-state index contributed by atoms with van der Waals surface area (Å²) in [4.78, 5) is 18.1. The van der Waals surface area contributed by atoms with Gasteiger partial charge in [0.15, 0.2) is 9.84 Å². The molecule has 138 valence electrons. The van der Waals surface area contributed by atoms with E-state index in [1.807, 2.05) is 0 Å². The van der Waals surface area contributed by atoms with Gasteiger partial charge in [0.2, 0.25) is 10.0 Å². The lowest BCUT2D eigenvalue weighted by molar-refractivity contribution is -0.185. The van der Waals surface area contributed by atoms with Crippen LogP contribution >= 0.6 is 0 Å². The summed E-state index contributed by atoms with van der Waals surface area (Å²) in [6.07, 6.45) is 0.951. The van der Waals surface area contributed by atoms with E-state index in [1.165, 1.54) is 16.4 Å². The van der Waals surface area contributed by atoms with E-state index < -0.39 is 31.8 Å². The Balaban J connectivity index is 1.81. The van der Waals surface area contributed by atoms with Gasteiger partial charge in [-0.25, -0.2) is 21.9 Å². The lowest BCUT2D eigenvalue weighted by atomic mass is 10.2. The fraction of sp³-hybridized carbons (Fsp3) is 0.533. The number of amides is 1. The van der Waals surface area contributed by atoms with Gasteiger partial charge < -0.3 is 0 Å². The van der Waals surface area contributed by atoms with Crippen molar-refractivity contribution in [2.24, 2.45) is 0 Å². The molecule has 0 radical (unpaired) electrons. The third-order valence-corrected chi connectivity index (χ3v) is 7.85. The Morgan fingerprint density at radius 3 is 2.56 bits per heavy atom. The molecule has 2 saturated heterocycles. The van der Waals surface area contributed by atoms with Crippen molar-refractivity contribution in [2.75, 3.05) is 31.2 Å². The molecule has 0 saturated carbocycles. The highest BCUT2D eigenvalue weighted by Gasteiger charge is 2.42. The number of sulfonamides is 1. The lowest BCUT2D eigenvalue weighted by Gasteiger charge is -2.28. The number of carbonyl (C=O) groups excluding carboxylic acids is 1. The minimum absolute atomic E-state index is 0.0864. The summed E-state index contributed by atoms with van der Waals surface area (Å²) in [6.45, 7) is 0.0584. The highest BCUT2D eigenvalue weighted by Crippen LogP contribution is 2.27. The molecule has 0 aromatic heterocycles. The minimum atomic E-state index is -3.79. The number of sulfone groups is 1. The van der Waals surface area contributed by atoms with Crippen LogP contribution in [0.3, 0.4) is 0 Å². The van der Waals surface area contributed by atoms with Crippen molar-refractivity contribution >= 4 is 25.8 Å². The molecule has 0 bridgehead atoms. The second-order valence-electron chi connectivity index (χ2n) is 6.01. The van der Waals surface area contributed by atoms with Crippen LogP contribution in [0, 0.1) is 0 Å². The molecule has 0 N–H and O–H groups in total. The van der Waals surface area contributed by atoms with Gasteiger partial charge in [-0.2, -0.15) is 4.31 Å². The molecule has 10 heteroatoms. The summed E-state index contributed by atoms with van der Waals surface area (Å²) in [5.41, 5.74) is 0. The first-order valence-electron chi connectivity index (χ1n) is 8.03. The van der Waals surface area contributed by atoms with Crippen LogP contribution in [0.1, 0.15) is 12.8 Å². The summed E-state index contributed by atoms with van der Waals surface area (Å²) in [6, 6.07) is 7.09. The van der Waals surface area contributed by atoms with Crippen molar-refractivity contribution in [1.29, 1.82) is 0 Å². The van der Waals surface area contributed by atoms with Gasteiger partial charge in [0.25, 0.3) is 5.91 Å². The SMILES string of the molecule is O=C(C1CCCN1S(=O)(=O)c1ccccc1)N1CCS(=O)(=O)CCO1. The Bertz CT molecular complexity index is 838. The summed E-state index contributed by atoms with van der Waals surface area (Å²) >= 11 is 0. The predicted octanol–water partition coefficient (Wildman–Crippen LogP) is 0.0283. The van der Waals surface area contributed by atoms with Crippen LogP contribution in [-0.2, 0) is 29.5 Å². The first kappa shape index (κ1) is 18.3. The monoisotopic (exact) mass is 388 g/mol. The molecule has 3 rings (SSSR count). The lowest BCUT2D eigenvalue weighted by Crippen LogP contribution is -2.48. The van der Waals surface area contributed by atoms with E-state index in [0.29, 0.717) is 12.8 Å². The van der Waals surface area contributed by atoms with E-state index in [2.05, 4.69) is 0 Å². The number of carbonyl (C=O) groups is 1. The number of hydrogen-bond donors (Lipinski definition) is 0. The van der Waals surface area contributed by atoms with Crippen molar-refractivity contribution in [3.8, 4) is 0 Å². The van der Waals surface area contributed by atoms with E-state index in [-0.39, 0.29) is 36.1 Å². The van der Waals surface area contributed by atoms with Crippen molar-refractivity contribution < 1.29 is 26.5 Å². The molecule has 1 atom stereocenters. The molecule has 8 nitrogen and oxygen atoms in total. The van der Waals surface area contributed by atoms with Crippen LogP contribution in [0.15, 0.2) is 35.2 Å². The predicted molar refractivity (Wildman–Crippen MR) is 89.7 cm³/mol. The first-order chi connectivity index (χ1) is 11.8. The van der Waals surface area contributed by atoms with Crippen LogP contribution in [-0.4, -0.2) is 69.4 Å². The molecule has 1 aromatic carbocycles. The van der Waals surface area contributed by atoms with E-state index >= 15 is 0 Å². The van der Waals surface area contributed by atoms with Gasteiger partial charge in [-0.1, -0.05) is 18.2 Å². The maximum Gasteiger partial charge on any atom is 0.264 e. The largest absolute Gasteiger partial charge is 0.271 e. The van der Waals surface area contributed by atoms with Gasteiger partial charge in [-0.05, 0) is 25.0 Å². The van der Waals surface area contributed by atoms with Crippen molar-refractivity contribution in [3.63, 3.8) is 0 Å². The Hall–Kier alpha value is -1.49. The molecular weight excluding hydrogens is 368 g/mol. The fourth-order valence-electron chi connectivity index (χ4n) is 3.01. The molecule has 1 aromatic rings. The van der Waals surface area contributed by atoms with Crippen LogP contribution < -0.4 is 0 Å². The maximum absolute atomic E-state index is 12.8. The Kier molecular flexibility index (Phi) is 5.14. The van der Waals surface area contributed by atoms with Gasteiger partial charge in [-0.15, -0.1) is 0 Å². The Morgan fingerprint density at radius 1 is 1.12 bits per heavy atom. The minimum Gasteiger partial charge on any atom is -0.271 e.